The minimum Gasteiger partial charge on any atom is -0.369 e. The summed E-state index contributed by atoms with van der Waals surface area (Å²) in [6.07, 6.45) is 0.272. The molecule has 2 amide bonds. The van der Waals surface area contributed by atoms with E-state index in [-0.39, 0.29) is 42.8 Å². The highest BCUT2D eigenvalue weighted by molar-refractivity contribution is 5.96. The molecule has 2 aromatic rings. The van der Waals surface area contributed by atoms with Crippen LogP contribution in [0.1, 0.15) is 37.7 Å². The van der Waals surface area contributed by atoms with Crippen molar-refractivity contribution in [1.82, 2.24) is 14.9 Å². The molecular weight excluding hydrogens is 413 g/mol. The summed E-state index contributed by atoms with van der Waals surface area (Å²) in [7, 11) is 5.45. The van der Waals surface area contributed by atoms with Crippen molar-refractivity contribution in [3.63, 3.8) is 0 Å². The summed E-state index contributed by atoms with van der Waals surface area (Å²) >= 11 is 0. The Labute approximate surface area is 188 Å². The van der Waals surface area contributed by atoms with Crippen molar-refractivity contribution in [2.75, 3.05) is 44.1 Å². The van der Waals surface area contributed by atoms with Gasteiger partial charge in [0.25, 0.3) is 0 Å². The quantitative estimate of drug-likeness (QED) is 0.624. The fourth-order valence-electron chi connectivity index (χ4n) is 3.44. The number of benzene rings is 1. The van der Waals surface area contributed by atoms with Gasteiger partial charge in [0, 0.05) is 51.8 Å². The van der Waals surface area contributed by atoms with Gasteiger partial charge in [-0.15, -0.1) is 0 Å². The van der Waals surface area contributed by atoms with Gasteiger partial charge >= 0.3 is 0 Å². The summed E-state index contributed by atoms with van der Waals surface area (Å²) in [5, 5.41) is 0. The number of carbonyl (C=O) groups excluding carboxylic acids is 2. The second-order valence-electron chi connectivity index (χ2n) is 8.45. The Balaban J connectivity index is 1.79. The lowest BCUT2D eigenvalue weighted by atomic mass is 10.0. The van der Waals surface area contributed by atoms with E-state index >= 15 is 0 Å². The molecule has 8 nitrogen and oxygen atoms in total. The Morgan fingerprint density at radius 2 is 1.91 bits per heavy atom. The largest absolute Gasteiger partial charge is 0.369 e. The van der Waals surface area contributed by atoms with Crippen LogP contribution in [0.2, 0.25) is 0 Å². The summed E-state index contributed by atoms with van der Waals surface area (Å²) in [4.78, 5) is 39.3. The molecule has 1 atom stereocenters. The first-order chi connectivity index (χ1) is 15.1. The predicted octanol–water partition coefficient (Wildman–Crippen LogP) is 2.59. The average molecular weight is 444 g/mol. The number of hydrogen-bond donors (Lipinski definition) is 0. The lowest BCUT2D eigenvalue weighted by Gasteiger charge is -2.21. The molecule has 172 valence electrons. The van der Waals surface area contributed by atoms with Crippen molar-refractivity contribution < 1.29 is 18.7 Å². The minimum absolute atomic E-state index is 0.00183. The highest BCUT2D eigenvalue weighted by Crippen LogP contribution is 2.32. The Hall–Kier alpha value is -3.07. The Bertz CT molecular complexity index is 965. The number of ether oxygens (including phenoxy) is 1. The van der Waals surface area contributed by atoms with Crippen LogP contribution >= 0.6 is 0 Å². The molecule has 2 heterocycles. The van der Waals surface area contributed by atoms with Crippen LogP contribution in [0.4, 0.5) is 15.9 Å². The van der Waals surface area contributed by atoms with Gasteiger partial charge in [-0.2, -0.15) is 0 Å². The van der Waals surface area contributed by atoms with E-state index in [9.17, 15) is 14.0 Å². The number of anilines is 2. The Morgan fingerprint density at radius 3 is 2.53 bits per heavy atom. The van der Waals surface area contributed by atoms with E-state index in [4.69, 9.17) is 4.74 Å². The molecule has 0 saturated carbocycles. The first-order valence-corrected chi connectivity index (χ1v) is 10.6. The van der Waals surface area contributed by atoms with E-state index in [0.29, 0.717) is 30.3 Å². The average Bonchev–Trinajstić information content (AvgIpc) is 3.13. The van der Waals surface area contributed by atoms with Gasteiger partial charge in [0.1, 0.15) is 24.1 Å². The van der Waals surface area contributed by atoms with Gasteiger partial charge in [0.2, 0.25) is 11.8 Å². The summed E-state index contributed by atoms with van der Waals surface area (Å²) < 4.78 is 18.7. The molecule has 0 N–H and O–H groups in total. The zero-order valence-electron chi connectivity index (χ0n) is 19.2. The fraction of sp³-hybridized carbons (Fsp3) is 0.478. The highest BCUT2D eigenvalue weighted by atomic mass is 19.1. The molecule has 0 radical (unpaired) electrons. The van der Waals surface area contributed by atoms with E-state index in [0.717, 1.165) is 5.69 Å². The number of aromatic nitrogens is 2. The Morgan fingerprint density at radius 1 is 1.22 bits per heavy atom. The van der Waals surface area contributed by atoms with Crippen molar-refractivity contribution in [2.45, 2.75) is 38.8 Å². The molecule has 1 aromatic carbocycles. The van der Waals surface area contributed by atoms with Crippen molar-refractivity contribution in [1.29, 1.82) is 0 Å². The van der Waals surface area contributed by atoms with Gasteiger partial charge in [-0.25, -0.2) is 14.4 Å². The first kappa shape index (κ1) is 23.6. The minimum atomic E-state index is -0.342. The van der Waals surface area contributed by atoms with Crippen LogP contribution < -0.4 is 9.80 Å². The molecule has 0 bridgehead atoms. The van der Waals surface area contributed by atoms with Crippen molar-refractivity contribution in [3.05, 3.63) is 47.7 Å². The summed E-state index contributed by atoms with van der Waals surface area (Å²) in [6.45, 7) is 4.43. The van der Waals surface area contributed by atoms with Gasteiger partial charge in [0.05, 0.1) is 18.3 Å². The highest BCUT2D eigenvalue weighted by Gasteiger charge is 2.33. The van der Waals surface area contributed by atoms with Gasteiger partial charge in [-0.1, -0.05) is 0 Å². The third-order valence-corrected chi connectivity index (χ3v) is 5.26. The molecule has 0 aliphatic carbocycles. The molecular formula is C23H30FN5O3. The number of rotatable bonds is 8. The zero-order valence-corrected chi connectivity index (χ0v) is 19.2. The van der Waals surface area contributed by atoms with Crippen molar-refractivity contribution in [2.24, 2.45) is 0 Å². The first-order valence-electron chi connectivity index (χ1n) is 10.6. The number of hydrogen-bond acceptors (Lipinski definition) is 6. The summed E-state index contributed by atoms with van der Waals surface area (Å²) in [5.74, 6) is 0.545. The standard InChI is InChI=1S/C23H30FN5O3/c1-15(2)32-14-23(31)28(5)13-20-25-19(11-21(26-20)27(3)4)16-10-22(30)29(12-16)18-8-6-17(24)7-9-18/h6-9,11,15-16H,10,12-14H2,1-5H3. The maximum atomic E-state index is 13.3. The van der Waals surface area contributed by atoms with E-state index < -0.39 is 0 Å². The molecule has 1 aliphatic heterocycles. The molecule has 0 spiro atoms. The third-order valence-electron chi connectivity index (χ3n) is 5.26. The monoisotopic (exact) mass is 443 g/mol. The van der Waals surface area contributed by atoms with Gasteiger partial charge < -0.3 is 19.4 Å². The smallest absolute Gasteiger partial charge is 0.248 e. The second-order valence-corrected chi connectivity index (χ2v) is 8.45. The van der Waals surface area contributed by atoms with E-state index in [2.05, 4.69) is 9.97 Å². The lowest BCUT2D eigenvalue weighted by molar-refractivity contribution is -0.136. The van der Waals surface area contributed by atoms with Crippen LogP contribution in [0.5, 0.6) is 0 Å². The molecule has 1 fully saturated rings. The number of amides is 2. The molecule has 32 heavy (non-hydrogen) atoms. The predicted molar refractivity (Wildman–Crippen MR) is 120 cm³/mol. The number of nitrogens with zero attached hydrogens (tertiary/aromatic N) is 5. The topological polar surface area (TPSA) is 78.9 Å². The van der Waals surface area contributed by atoms with Crippen LogP contribution in [0.15, 0.2) is 30.3 Å². The summed E-state index contributed by atoms with van der Waals surface area (Å²) in [5.41, 5.74) is 1.41. The Kier molecular flexibility index (Phi) is 7.40. The molecule has 3 rings (SSSR count). The van der Waals surface area contributed by atoms with Crippen molar-refractivity contribution in [3.8, 4) is 0 Å². The normalized spacial score (nSPS) is 16.0. The molecule has 1 aliphatic rings. The van der Waals surface area contributed by atoms with Crippen LogP contribution in [-0.2, 0) is 20.9 Å². The van der Waals surface area contributed by atoms with E-state index in [1.54, 1.807) is 24.1 Å². The molecule has 1 saturated heterocycles. The third kappa shape index (κ3) is 5.79. The molecule has 1 aromatic heterocycles. The molecule has 9 heteroatoms. The van der Waals surface area contributed by atoms with E-state index in [1.807, 2.05) is 38.9 Å². The zero-order chi connectivity index (χ0) is 23.4. The number of likely N-dealkylation sites (N-methyl/N-ethyl adjacent to an activating group) is 1. The maximum Gasteiger partial charge on any atom is 0.248 e. The SMILES string of the molecule is CC(C)OCC(=O)N(C)Cc1nc(C2CC(=O)N(c3ccc(F)cc3)C2)cc(N(C)C)n1. The maximum absolute atomic E-state index is 13.3. The van der Waals surface area contributed by atoms with Crippen LogP contribution in [0, 0.1) is 5.82 Å². The summed E-state index contributed by atoms with van der Waals surface area (Å²) in [6, 6.07) is 7.77. The second kappa shape index (κ2) is 10.0. The van der Waals surface area contributed by atoms with Gasteiger partial charge in [0.15, 0.2) is 0 Å². The van der Waals surface area contributed by atoms with E-state index in [1.165, 1.54) is 17.0 Å². The molecule has 1 unspecified atom stereocenters. The van der Waals surface area contributed by atoms with Crippen LogP contribution in [0.3, 0.4) is 0 Å². The number of halogens is 1. The number of carbonyl (C=O) groups is 2. The fourth-order valence-corrected chi connectivity index (χ4v) is 3.44. The van der Waals surface area contributed by atoms with Crippen molar-refractivity contribution >= 4 is 23.3 Å². The van der Waals surface area contributed by atoms with Gasteiger partial charge in [-0.05, 0) is 38.1 Å². The van der Waals surface area contributed by atoms with Crippen LogP contribution in [-0.4, -0.2) is 67.1 Å². The van der Waals surface area contributed by atoms with Gasteiger partial charge in [-0.3, -0.25) is 9.59 Å². The van der Waals surface area contributed by atoms with Crippen LogP contribution in [0.25, 0.3) is 0 Å². The lowest BCUT2D eigenvalue weighted by Crippen LogP contribution is -2.32.